The molecule has 0 saturated carbocycles. The number of hydrogen-bond acceptors (Lipinski definition) is 5. The Hall–Kier alpha value is -2.52. The average molecular weight is 453 g/mol. The maximum Gasteiger partial charge on any atom is 0.420 e. The highest BCUT2D eigenvalue weighted by atomic mass is 35.5. The zero-order valence-corrected chi connectivity index (χ0v) is 18.7. The molecule has 1 aromatic carbocycles. The Morgan fingerprint density at radius 3 is 2.73 bits per heavy atom. The third-order valence-electron chi connectivity index (χ3n) is 5.05. The van der Waals surface area contributed by atoms with Gasteiger partial charge in [-0.15, -0.1) is 0 Å². The molecule has 0 aliphatic carbocycles. The van der Waals surface area contributed by atoms with Gasteiger partial charge in [0.15, 0.2) is 0 Å². The molecule has 1 atom stereocenters. The minimum absolute atomic E-state index is 0.361. The van der Waals surface area contributed by atoms with Crippen LogP contribution < -0.4 is 5.73 Å². The summed E-state index contributed by atoms with van der Waals surface area (Å²) < 4.78 is 32.9. The van der Waals surface area contributed by atoms with E-state index in [9.17, 15) is 13.2 Å². The van der Waals surface area contributed by atoms with E-state index in [1.54, 1.807) is 4.68 Å². The van der Waals surface area contributed by atoms with Crippen LogP contribution in [-0.2, 0) is 21.3 Å². The molecule has 0 aliphatic rings. The smallest absolute Gasteiger partial charge is 0.334 e. The first-order chi connectivity index (χ1) is 14.1. The first kappa shape index (κ1) is 22.2. The lowest BCUT2D eigenvalue weighted by Gasteiger charge is -2.19. The van der Waals surface area contributed by atoms with Crippen molar-refractivity contribution in [1.29, 1.82) is 0 Å². The summed E-state index contributed by atoms with van der Waals surface area (Å²) in [5, 5.41) is 6.15. The second-order valence-corrected chi connectivity index (χ2v) is 9.35. The molecule has 1 amide bonds. The minimum Gasteiger partial charge on any atom is -0.334 e. The number of carbonyl (C=O) groups is 1. The molecule has 0 radical (unpaired) electrons. The number of unbranched alkanes of at least 4 members (excludes halogenated alkanes) is 1. The van der Waals surface area contributed by atoms with Crippen LogP contribution in [0.3, 0.4) is 0 Å². The number of halogens is 1. The van der Waals surface area contributed by atoms with Gasteiger partial charge in [-0.3, -0.25) is 4.68 Å². The number of hydrogen-bond donors (Lipinski definition) is 1. The molecule has 0 spiro atoms. The van der Waals surface area contributed by atoms with Crippen molar-refractivity contribution in [3.8, 4) is 5.82 Å². The van der Waals surface area contributed by atoms with Gasteiger partial charge in [0.05, 0.1) is 17.0 Å². The molecule has 8 nitrogen and oxygen atoms in total. The Labute approximate surface area is 180 Å². The Kier molecular flexibility index (Phi) is 6.42. The zero-order valence-electron chi connectivity index (χ0n) is 17.1. The quantitative estimate of drug-likeness (QED) is 0.519. The maximum atomic E-state index is 12.4. The lowest BCUT2D eigenvalue weighted by Crippen LogP contribution is -2.24. The molecule has 0 aliphatic heterocycles. The molecule has 1 unspecified atom stereocenters. The fraction of sp³-hybridized carbons (Fsp3) is 0.400. The van der Waals surface area contributed by atoms with Gasteiger partial charge in [-0.2, -0.15) is 13.5 Å². The van der Waals surface area contributed by atoms with Crippen molar-refractivity contribution < 1.29 is 17.4 Å². The second-order valence-electron chi connectivity index (χ2n) is 7.30. The van der Waals surface area contributed by atoms with Crippen LogP contribution >= 0.6 is 11.6 Å². The molecule has 3 aromatic rings. The highest BCUT2D eigenvalue weighted by Gasteiger charge is 2.30. The molecule has 0 saturated heterocycles. The Balaban J connectivity index is 2.14. The fourth-order valence-corrected chi connectivity index (χ4v) is 5.22. The molecule has 0 bridgehead atoms. The molecule has 2 heterocycles. The summed E-state index contributed by atoms with van der Waals surface area (Å²) in [7, 11) is -2.32. The van der Waals surface area contributed by atoms with Gasteiger partial charge in [0.25, 0.3) is 0 Å². The van der Waals surface area contributed by atoms with Crippen LogP contribution in [0.1, 0.15) is 43.4 Å². The van der Waals surface area contributed by atoms with Gasteiger partial charge in [-0.1, -0.05) is 31.4 Å². The van der Waals surface area contributed by atoms with E-state index < -0.39 is 22.1 Å². The molecule has 2 aromatic heterocycles. The summed E-state index contributed by atoms with van der Waals surface area (Å²) in [5.41, 5.74) is 7.38. The standard InChI is InChI=1S/C20H25ClN4O4S/c1-4-5-6-15(12-30(27,28)29-20(22)26)18-13(2)23-24(3)19(18)25-10-9-14-11-16(21)7-8-17(14)25/h7-11,15H,4-6,12H2,1-3H3,(H2,22,26). The third kappa shape index (κ3) is 4.62. The molecular formula is C20H25ClN4O4S. The number of nitrogens with two attached hydrogens (primary N) is 1. The van der Waals surface area contributed by atoms with E-state index in [1.807, 2.05) is 55.9 Å². The van der Waals surface area contributed by atoms with Crippen molar-refractivity contribution in [2.45, 2.75) is 39.0 Å². The molecule has 3 rings (SSSR count). The number of benzene rings is 1. The number of aryl methyl sites for hydroxylation is 2. The minimum atomic E-state index is -4.14. The number of rotatable bonds is 8. The van der Waals surface area contributed by atoms with Gasteiger partial charge in [-0.05, 0) is 37.6 Å². The Morgan fingerprint density at radius 2 is 2.07 bits per heavy atom. The lowest BCUT2D eigenvalue weighted by atomic mass is 9.95. The van der Waals surface area contributed by atoms with Gasteiger partial charge in [-0.25, -0.2) is 4.79 Å². The van der Waals surface area contributed by atoms with Crippen LogP contribution in [0.2, 0.25) is 5.02 Å². The molecule has 0 fully saturated rings. The van der Waals surface area contributed by atoms with Gasteiger partial charge in [0, 0.05) is 35.1 Å². The number of carbonyl (C=O) groups excluding carboxylic acids is 1. The third-order valence-corrected chi connectivity index (χ3v) is 6.51. The van der Waals surface area contributed by atoms with Crippen molar-refractivity contribution in [3.05, 3.63) is 46.7 Å². The average Bonchev–Trinajstić information content (AvgIpc) is 3.16. The van der Waals surface area contributed by atoms with Crippen molar-refractivity contribution in [3.63, 3.8) is 0 Å². The van der Waals surface area contributed by atoms with Crippen molar-refractivity contribution in [2.24, 2.45) is 12.8 Å². The summed E-state index contributed by atoms with van der Waals surface area (Å²) in [4.78, 5) is 11.0. The van der Waals surface area contributed by atoms with Crippen LogP contribution in [0, 0.1) is 6.92 Å². The summed E-state index contributed by atoms with van der Waals surface area (Å²) in [5.74, 6) is -0.0107. The second kappa shape index (κ2) is 8.69. The number of primary amides is 1. The monoisotopic (exact) mass is 452 g/mol. The van der Waals surface area contributed by atoms with Crippen molar-refractivity contribution in [1.82, 2.24) is 14.3 Å². The van der Waals surface area contributed by atoms with Crippen LogP contribution in [0.5, 0.6) is 0 Å². The van der Waals surface area contributed by atoms with E-state index in [0.717, 1.165) is 40.8 Å². The number of nitrogens with zero attached hydrogens (tertiary/aromatic N) is 3. The van der Waals surface area contributed by atoms with E-state index in [-0.39, 0.29) is 5.75 Å². The Morgan fingerprint density at radius 1 is 1.33 bits per heavy atom. The summed E-state index contributed by atoms with van der Waals surface area (Å²) in [6, 6.07) is 7.54. The summed E-state index contributed by atoms with van der Waals surface area (Å²) >= 11 is 6.12. The van der Waals surface area contributed by atoms with Gasteiger partial charge in [0.1, 0.15) is 5.82 Å². The highest BCUT2D eigenvalue weighted by Crippen LogP contribution is 2.34. The molecule has 30 heavy (non-hydrogen) atoms. The SMILES string of the molecule is CCCCC(CS(=O)(=O)OC(N)=O)c1c(C)nn(C)c1-n1ccc2cc(Cl)ccc21. The predicted octanol–water partition coefficient (Wildman–Crippen LogP) is 4.02. The first-order valence-corrected chi connectivity index (χ1v) is 11.6. The molecule has 10 heteroatoms. The Bertz CT molecular complexity index is 1180. The van der Waals surface area contributed by atoms with Gasteiger partial charge in [0.2, 0.25) is 0 Å². The number of fused-ring (bicyclic) bond motifs is 1. The van der Waals surface area contributed by atoms with E-state index in [1.165, 1.54) is 0 Å². The number of amides is 1. The zero-order chi connectivity index (χ0) is 22.1. The van der Waals surface area contributed by atoms with E-state index >= 15 is 0 Å². The predicted molar refractivity (Wildman–Crippen MR) is 117 cm³/mol. The maximum absolute atomic E-state index is 12.4. The van der Waals surface area contributed by atoms with E-state index in [2.05, 4.69) is 9.28 Å². The highest BCUT2D eigenvalue weighted by molar-refractivity contribution is 7.87. The molecule has 2 N–H and O–H groups in total. The number of aromatic nitrogens is 3. The van der Waals surface area contributed by atoms with Crippen LogP contribution in [0.15, 0.2) is 30.5 Å². The van der Waals surface area contributed by atoms with Crippen molar-refractivity contribution >= 4 is 38.7 Å². The molecule has 162 valence electrons. The van der Waals surface area contributed by atoms with Crippen LogP contribution in [0.4, 0.5) is 4.79 Å². The molecular weight excluding hydrogens is 428 g/mol. The van der Waals surface area contributed by atoms with Gasteiger partial charge < -0.3 is 14.5 Å². The van der Waals surface area contributed by atoms with E-state index in [0.29, 0.717) is 11.4 Å². The summed E-state index contributed by atoms with van der Waals surface area (Å²) in [6.07, 6.45) is 2.88. The lowest BCUT2D eigenvalue weighted by molar-refractivity contribution is 0.212. The largest absolute Gasteiger partial charge is 0.420 e. The van der Waals surface area contributed by atoms with Crippen LogP contribution in [0.25, 0.3) is 16.7 Å². The van der Waals surface area contributed by atoms with Crippen LogP contribution in [-0.4, -0.2) is 34.6 Å². The normalized spacial score (nSPS) is 12.9. The van der Waals surface area contributed by atoms with E-state index in [4.69, 9.17) is 17.3 Å². The topological polar surface area (TPSA) is 109 Å². The van der Waals surface area contributed by atoms with Gasteiger partial charge >= 0.3 is 16.2 Å². The van der Waals surface area contributed by atoms with Crippen molar-refractivity contribution in [2.75, 3.05) is 5.75 Å². The first-order valence-electron chi connectivity index (χ1n) is 9.65. The fourth-order valence-electron chi connectivity index (χ4n) is 3.89. The summed E-state index contributed by atoms with van der Waals surface area (Å²) in [6.45, 7) is 3.88.